The Kier molecular flexibility index (Phi) is 3.19. The molecule has 74 valence electrons. The lowest BCUT2D eigenvalue weighted by Crippen LogP contribution is -2.39. The van der Waals surface area contributed by atoms with Gasteiger partial charge in [0.1, 0.15) is 10.4 Å². The molecule has 0 bridgehead atoms. The maximum Gasteiger partial charge on any atom is 0.324 e. The number of aromatic nitrogens is 1. The van der Waals surface area contributed by atoms with Crippen LogP contribution in [0, 0.1) is 5.41 Å². The number of primary amides is 1. The van der Waals surface area contributed by atoms with E-state index in [9.17, 15) is 4.79 Å². The second-order valence-corrected chi connectivity index (χ2v) is 3.41. The Labute approximate surface area is 89.6 Å². The highest BCUT2D eigenvalue weighted by molar-refractivity contribution is 9.10. The SMILES string of the molecule is CC(=N)N(C(N)=O)c1ccc(Br)nc1. The molecule has 0 aliphatic carbocycles. The first-order valence-corrected chi connectivity index (χ1v) is 4.58. The molecule has 1 aromatic heterocycles. The molecule has 0 aliphatic rings. The Balaban J connectivity index is 3.06. The monoisotopic (exact) mass is 256 g/mol. The summed E-state index contributed by atoms with van der Waals surface area (Å²) in [6, 6.07) is 2.63. The van der Waals surface area contributed by atoms with Gasteiger partial charge < -0.3 is 5.73 Å². The van der Waals surface area contributed by atoms with Gasteiger partial charge in [-0.3, -0.25) is 5.41 Å². The van der Waals surface area contributed by atoms with Gasteiger partial charge in [0.25, 0.3) is 0 Å². The molecule has 6 heteroatoms. The van der Waals surface area contributed by atoms with Crippen molar-refractivity contribution >= 4 is 33.5 Å². The average Bonchev–Trinajstić information content (AvgIpc) is 2.07. The van der Waals surface area contributed by atoms with Crippen molar-refractivity contribution in [2.45, 2.75) is 6.92 Å². The van der Waals surface area contributed by atoms with E-state index in [1.807, 2.05) is 0 Å². The summed E-state index contributed by atoms with van der Waals surface area (Å²) in [4.78, 5) is 16.0. The lowest BCUT2D eigenvalue weighted by Gasteiger charge is -2.17. The van der Waals surface area contributed by atoms with Crippen LogP contribution in [0.5, 0.6) is 0 Å². The van der Waals surface area contributed by atoms with E-state index >= 15 is 0 Å². The van der Waals surface area contributed by atoms with Gasteiger partial charge in [0, 0.05) is 0 Å². The first-order valence-electron chi connectivity index (χ1n) is 3.78. The Morgan fingerprint density at radius 3 is 2.64 bits per heavy atom. The van der Waals surface area contributed by atoms with Gasteiger partial charge in [-0.2, -0.15) is 0 Å². The summed E-state index contributed by atoms with van der Waals surface area (Å²) in [7, 11) is 0. The first kappa shape index (κ1) is 10.6. The Hall–Kier alpha value is -1.43. The minimum absolute atomic E-state index is 0.0571. The fourth-order valence-electron chi connectivity index (χ4n) is 0.986. The molecule has 14 heavy (non-hydrogen) atoms. The molecule has 1 aromatic rings. The summed E-state index contributed by atoms with van der Waals surface area (Å²) in [6.07, 6.45) is 1.47. The zero-order valence-corrected chi connectivity index (χ0v) is 9.08. The van der Waals surface area contributed by atoms with Crippen molar-refractivity contribution in [1.82, 2.24) is 4.98 Å². The number of nitrogens with zero attached hydrogens (tertiary/aromatic N) is 2. The number of amidine groups is 1. The van der Waals surface area contributed by atoms with E-state index in [1.165, 1.54) is 13.1 Å². The van der Waals surface area contributed by atoms with Gasteiger partial charge in [-0.1, -0.05) is 0 Å². The summed E-state index contributed by atoms with van der Waals surface area (Å²) < 4.78 is 0.660. The van der Waals surface area contributed by atoms with Crippen molar-refractivity contribution in [3.05, 3.63) is 22.9 Å². The third-order valence-corrected chi connectivity index (χ3v) is 1.99. The molecule has 1 rings (SSSR count). The van der Waals surface area contributed by atoms with Gasteiger partial charge >= 0.3 is 6.03 Å². The maximum atomic E-state index is 11.0. The van der Waals surface area contributed by atoms with Gasteiger partial charge in [-0.15, -0.1) is 0 Å². The van der Waals surface area contributed by atoms with Gasteiger partial charge in [-0.25, -0.2) is 14.7 Å². The summed E-state index contributed by atoms with van der Waals surface area (Å²) in [6.45, 7) is 1.48. The van der Waals surface area contributed by atoms with Crippen molar-refractivity contribution in [3.63, 3.8) is 0 Å². The Bertz CT molecular complexity index is 348. The number of pyridine rings is 1. The Morgan fingerprint density at radius 1 is 1.64 bits per heavy atom. The molecular weight excluding hydrogens is 248 g/mol. The molecule has 0 aliphatic heterocycles. The lowest BCUT2D eigenvalue weighted by molar-refractivity contribution is 0.256. The van der Waals surface area contributed by atoms with Crippen LogP contribution in [0.25, 0.3) is 0 Å². The normalized spacial score (nSPS) is 9.57. The molecule has 2 amide bonds. The molecule has 0 atom stereocenters. The van der Waals surface area contributed by atoms with Crippen molar-refractivity contribution < 1.29 is 4.79 Å². The molecule has 0 radical (unpaired) electrons. The molecule has 0 fully saturated rings. The standard InChI is InChI=1S/C8H9BrN4O/c1-5(10)13(8(11)14)6-2-3-7(9)12-4-6/h2-4,10H,1H3,(H2,11,14). The molecule has 0 spiro atoms. The van der Waals surface area contributed by atoms with Gasteiger partial charge in [0.2, 0.25) is 0 Å². The van der Waals surface area contributed by atoms with Crippen LogP contribution >= 0.6 is 15.9 Å². The van der Waals surface area contributed by atoms with Crippen LogP contribution in [-0.4, -0.2) is 16.9 Å². The second kappa shape index (κ2) is 4.19. The summed E-state index contributed by atoms with van der Waals surface area (Å²) >= 11 is 3.17. The maximum absolute atomic E-state index is 11.0. The number of nitrogens with two attached hydrogens (primary N) is 1. The topological polar surface area (TPSA) is 83.1 Å². The molecule has 5 nitrogen and oxygen atoms in total. The molecule has 0 aromatic carbocycles. The molecular formula is C8H9BrN4O. The first-order chi connectivity index (χ1) is 6.52. The molecule has 1 heterocycles. The molecule has 3 N–H and O–H groups in total. The van der Waals surface area contributed by atoms with Crippen LogP contribution < -0.4 is 10.6 Å². The Morgan fingerprint density at radius 2 is 2.29 bits per heavy atom. The zero-order valence-electron chi connectivity index (χ0n) is 7.49. The number of hydrogen-bond acceptors (Lipinski definition) is 3. The minimum atomic E-state index is -0.693. The number of nitrogens with one attached hydrogen (secondary N) is 1. The smallest absolute Gasteiger partial charge is 0.324 e. The lowest BCUT2D eigenvalue weighted by atomic mass is 10.3. The minimum Gasteiger partial charge on any atom is -0.351 e. The number of carbonyl (C=O) groups excluding carboxylic acids is 1. The number of halogens is 1. The number of carbonyl (C=O) groups is 1. The molecule has 0 saturated carbocycles. The highest BCUT2D eigenvalue weighted by Crippen LogP contribution is 2.15. The van der Waals surface area contributed by atoms with E-state index < -0.39 is 6.03 Å². The highest BCUT2D eigenvalue weighted by Gasteiger charge is 2.14. The largest absolute Gasteiger partial charge is 0.351 e. The van der Waals surface area contributed by atoms with Crippen LogP contribution in [0.15, 0.2) is 22.9 Å². The summed E-state index contributed by atoms with van der Waals surface area (Å²) in [5.74, 6) is 0.0571. The number of rotatable bonds is 1. The number of anilines is 1. The summed E-state index contributed by atoms with van der Waals surface area (Å²) in [5.41, 5.74) is 5.59. The van der Waals surface area contributed by atoms with Gasteiger partial charge in [0.05, 0.1) is 11.9 Å². The third-order valence-electron chi connectivity index (χ3n) is 1.53. The van der Waals surface area contributed by atoms with Crippen molar-refractivity contribution in [1.29, 1.82) is 5.41 Å². The van der Waals surface area contributed by atoms with Crippen molar-refractivity contribution in [2.75, 3.05) is 4.90 Å². The predicted molar refractivity (Wildman–Crippen MR) is 57.4 cm³/mol. The van der Waals surface area contributed by atoms with Crippen molar-refractivity contribution in [3.8, 4) is 0 Å². The summed E-state index contributed by atoms with van der Waals surface area (Å²) in [5, 5.41) is 7.36. The van der Waals surface area contributed by atoms with E-state index in [4.69, 9.17) is 11.1 Å². The van der Waals surface area contributed by atoms with E-state index in [2.05, 4.69) is 20.9 Å². The van der Waals surface area contributed by atoms with Gasteiger partial charge in [-0.05, 0) is 35.0 Å². The highest BCUT2D eigenvalue weighted by atomic mass is 79.9. The average molecular weight is 257 g/mol. The van der Waals surface area contributed by atoms with Crippen LogP contribution in [0.3, 0.4) is 0 Å². The quantitative estimate of drug-likeness (QED) is 0.456. The number of urea groups is 1. The van der Waals surface area contributed by atoms with E-state index in [0.717, 1.165) is 4.90 Å². The number of amides is 2. The van der Waals surface area contributed by atoms with E-state index in [-0.39, 0.29) is 5.84 Å². The molecule has 0 saturated heterocycles. The zero-order chi connectivity index (χ0) is 10.7. The van der Waals surface area contributed by atoms with Crippen LogP contribution in [0.2, 0.25) is 0 Å². The predicted octanol–water partition coefficient (Wildman–Crippen LogP) is 1.73. The van der Waals surface area contributed by atoms with E-state index in [0.29, 0.717) is 10.3 Å². The second-order valence-electron chi connectivity index (χ2n) is 2.60. The van der Waals surface area contributed by atoms with Crippen LogP contribution in [0.4, 0.5) is 10.5 Å². The van der Waals surface area contributed by atoms with E-state index in [1.54, 1.807) is 12.1 Å². The van der Waals surface area contributed by atoms with Gasteiger partial charge in [0.15, 0.2) is 0 Å². The fourth-order valence-corrected chi connectivity index (χ4v) is 1.22. The number of hydrogen-bond donors (Lipinski definition) is 2. The molecule has 0 unspecified atom stereocenters. The van der Waals surface area contributed by atoms with Crippen molar-refractivity contribution in [2.24, 2.45) is 5.73 Å². The fraction of sp³-hybridized carbons (Fsp3) is 0.125. The third kappa shape index (κ3) is 2.29. The van der Waals surface area contributed by atoms with Crippen LogP contribution in [0.1, 0.15) is 6.92 Å². The van der Waals surface area contributed by atoms with Crippen LogP contribution in [-0.2, 0) is 0 Å².